The molecule has 6 heteroatoms. The van der Waals surface area contributed by atoms with Crippen molar-refractivity contribution in [3.63, 3.8) is 0 Å². The maximum absolute atomic E-state index is 8.40. The predicted octanol–water partition coefficient (Wildman–Crippen LogP) is 10.9. The molecule has 5 nitrogen and oxygen atoms in total. The van der Waals surface area contributed by atoms with Crippen molar-refractivity contribution in [1.82, 2.24) is 14.1 Å². The molecule has 0 saturated heterocycles. The van der Waals surface area contributed by atoms with Gasteiger partial charge in [0.1, 0.15) is 5.82 Å². The summed E-state index contributed by atoms with van der Waals surface area (Å²) in [6.07, 6.45) is 8.23. The molecule has 0 fully saturated rings. The topological polar surface area (TPSA) is 35.9 Å². The Morgan fingerprint density at radius 3 is 2.24 bits per heavy atom. The van der Waals surface area contributed by atoms with Crippen molar-refractivity contribution in [2.45, 2.75) is 32.1 Å². The van der Waals surface area contributed by atoms with E-state index in [-0.39, 0.29) is 50.2 Å². The van der Waals surface area contributed by atoms with Crippen molar-refractivity contribution in [3.05, 3.63) is 199 Å². The van der Waals surface area contributed by atoms with E-state index in [0.717, 1.165) is 27.6 Å². The van der Waals surface area contributed by atoms with Gasteiger partial charge in [-0.25, -0.2) is 4.98 Å². The van der Waals surface area contributed by atoms with E-state index in [0.29, 0.717) is 17.2 Å². The molecule has 1 aliphatic carbocycles. The van der Waals surface area contributed by atoms with E-state index in [1.165, 1.54) is 37.9 Å². The van der Waals surface area contributed by atoms with Gasteiger partial charge in [0.05, 0.1) is 12.5 Å². The third kappa shape index (κ3) is 6.00. The average Bonchev–Trinajstić information content (AvgIpc) is 3.95. The molecule has 0 unspecified atom stereocenters. The normalized spacial score (nSPS) is 13.7. The minimum Gasteiger partial charge on any atom is -0.510 e. The number of hydrogen-bond donors (Lipinski definition) is 0. The zero-order chi connectivity index (χ0) is 40.7. The van der Waals surface area contributed by atoms with Crippen LogP contribution >= 0.6 is 0 Å². The molecule has 0 amide bonds. The molecule has 55 heavy (non-hydrogen) atoms. The van der Waals surface area contributed by atoms with Crippen molar-refractivity contribution < 1.29 is 37.2 Å². The van der Waals surface area contributed by atoms with Crippen LogP contribution in [0.4, 0.5) is 0 Å². The monoisotopic (exact) mass is 896 g/mol. The van der Waals surface area contributed by atoms with Gasteiger partial charge in [-0.2, -0.15) is 18.2 Å². The Kier molecular flexibility index (Phi) is 7.30. The van der Waals surface area contributed by atoms with E-state index in [4.69, 9.17) is 16.6 Å². The molecule has 10 rings (SSSR count). The molecule has 0 N–H and O–H groups in total. The van der Waals surface area contributed by atoms with Gasteiger partial charge in [-0.15, -0.1) is 29.7 Å². The van der Waals surface area contributed by atoms with Crippen LogP contribution in [0, 0.1) is 18.5 Å². The standard InChI is InChI=1S/C49H36N4O.Pt/c1-49(2,3)33-25-26-50-46(29-33)53-44-22-12-21-43(47-40-19-9-7-17-38(40)39-18-8-10-20-41(39)47)48(44)42-24-23-37(31-45(42)53)54-36-16-11-15-35(30-36)52-28-27-51(32-52)34-13-5-4-6-14-34;/h4-29,47H,1-3H3;/q-2;/i4D,5D,6D,13D,14D;. The number of fused-ring (bicyclic) bond motifs is 6. The summed E-state index contributed by atoms with van der Waals surface area (Å²) >= 11 is 0. The molecule has 3 heterocycles. The number of imidazole rings is 1. The van der Waals surface area contributed by atoms with Gasteiger partial charge >= 0.3 is 0 Å². The SMILES string of the molecule is [2H]c1c([2H])c([2H])c(-[n+]2[c-]n(-c3[c-]c(Oc4[c-]c5c(cc4)c4c(C6c7ccccc7-c7ccccc76)cccc4n5-c4cc(C(C)(C)C)ccn4)ccc3)cc2)c([2H])c1[2H].[Pt]. The number of rotatable bonds is 6. The summed E-state index contributed by atoms with van der Waals surface area (Å²) < 4.78 is 52.7. The smallest absolute Gasteiger partial charge is 0.267 e. The van der Waals surface area contributed by atoms with Crippen molar-refractivity contribution in [3.8, 4) is 39.8 Å². The van der Waals surface area contributed by atoms with Crippen molar-refractivity contribution in [2.75, 3.05) is 0 Å². The van der Waals surface area contributed by atoms with E-state index in [1.54, 1.807) is 17.0 Å². The fourth-order valence-corrected chi connectivity index (χ4v) is 7.73. The maximum Gasteiger partial charge on any atom is 0.267 e. The molecule has 1 aliphatic rings. The molecule has 0 radical (unpaired) electrons. The number of pyridine rings is 1. The predicted molar refractivity (Wildman–Crippen MR) is 214 cm³/mol. The second-order valence-electron chi connectivity index (χ2n) is 14.5. The maximum atomic E-state index is 8.40. The van der Waals surface area contributed by atoms with Gasteiger partial charge in [-0.1, -0.05) is 105 Å². The van der Waals surface area contributed by atoms with Gasteiger partial charge in [-0.05, 0) is 80.2 Å². The second kappa shape index (κ2) is 13.7. The average molecular weight is 897 g/mol. The molecule has 0 bridgehead atoms. The first-order valence-corrected chi connectivity index (χ1v) is 17.9. The molecule has 0 atom stereocenters. The quantitative estimate of drug-likeness (QED) is 0.123. The first-order valence-electron chi connectivity index (χ1n) is 20.4. The van der Waals surface area contributed by atoms with Gasteiger partial charge in [0, 0.05) is 62.6 Å². The van der Waals surface area contributed by atoms with E-state index in [9.17, 15) is 0 Å². The summed E-state index contributed by atoms with van der Waals surface area (Å²) in [6.45, 7) is 6.61. The first kappa shape index (κ1) is 29.3. The van der Waals surface area contributed by atoms with Crippen molar-refractivity contribution >= 4 is 21.8 Å². The number of ether oxygens (including phenoxy) is 1. The first-order chi connectivity index (χ1) is 28.5. The van der Waals surface area contributed by atoms with Gasteiger partial charge in [0.15, 0.2) is 0 Å². The number of hydrogen-bond acceptors (Lipinski definition) is 2. The summed E-state index contributed by atoms with van der Waals surface area (Å²) in [5.74, 6) is 1.76. The van der Waals surface area contributed by atoms with E-state index in [2.05, 4.69) is 129 Å². The molecule has 270 valence electrons. The van der Waals surface area contributed by atoms with Gasteiger partial charge in [0.2, 0.25) is 0 Å². The molecule has 0 aliphatic heterocycles. The van der Waals surface area contributed by atoms with Crippen LogP contribution in [0.3, 0.4) is 0 Å². The van der Waals surface area contributed by atoms with Gasteiger partial charge in [-0.3, -0.25) is 4.57 Å². The number of para-hydroxylation sites is 1. The third-order valence-corrected chi connectivity index (χ3v) is 10.2. The zero-order valence-corrected chi connectivity index (χ0v) is 32.5. The van der Waals surface area contributed by atoms with E-state index >= 15 is 0 Å². The van der Waals surface area contributed by atoms with Crippen LogP contribution in [0.2, 0.25) is 0 Å². The number of nitrogens with zero attached hydrogens (tertiary/aromatic N) is 4. The van der Waals surface area contributed by atoms with Crippen molar-refractivity contribution in [1.29, 1.82) is 0 Å². The Bertz CT molecular complexity index is 3090. The van der Waals surface area contributed by atoms with Crippen LogP contribution in [-0.4, -0.2) is 14.1 Å². The van der Waals surface area contributed by atoms with Gasteiger partial charge in [0.25, 0.3) is 6.33 Å². The van der Waals surface area contributed by atoms with Crippen LogP contribution in [0.25, 0.3) is 50.1 Å². The van der Waals surface area contributed by atoms with Crippen LogP contribution < -0.4 is 9.30 Å². The fraction of sp³-hybridized carbons (Fsp3) is 0.102. The summed E-state index contributed by atoms with van der Waals surface area (Å²) in [5, 5.41) is 2.17. The summed E-state index contributed by atoms with van der Waals surface area (Å²) in [6, 6.07) is 42.7. The third-order valence-electron chi connectivity index (χ3n) is 10.2. The largest absolute Gasteiger partial charge is 0.510 e. The fourth-order valence-electron chi connectivity index (χ4n) is 7.73. The number of aromatic nitrogens is 4. The molecule has 0 saturated carbocycles. The Hall–Kier alpha value is -6.03. The summed E-state index contributed by atoms with van der Waals surface area (Å²) in [4.78, 5) is 4.94. The molecule has 9 aromatic rings. The van der Waals surface area contributed by atoms with E-state index in [1.807, 2.05) is 30.5 Å². The number of benzene rings is 6. The van der Waals surface area contributed by atoms with Crippen LogP contribution in [0.1, 0.15) is 55.8 Å². The molecule has 3 aromatic heterocycles. The minimum absolute atomic E-state index is 0. The van der Waals surface area contributed by atoms with E-state index < -0.39 is 18.1 Å². The van der Waals surface area contributed by atoms with Gasteiger partial charge < -0.3 is 13.9 Å². The minimum atomic E-state index is -0.446. The molecule has 6 aromatic carbocycles. The summed E-state index contributed by atoms with van der Waals surface area (Å²) in [7, 11) is 0. The Balaban J connectivity index is 0.00000462. The molecule has 0 spiro atoms. The van der Waals surface area contributed by atoms with Crippen LogP contribution in [-0.2, 0) is 26.5 Å². The van der Waals surface area contributed by atoms with Crippen LogP contribution in [0.15, 0.2) is 158 Å². The second-order valence-corrected chi connectivity index (χ2v) is 14.5. The Morgan fingerprint density at radius 1 is 0.764 bits per heavy atom. The van der Waals surface area contributed by atoms with Crippen LogP contribution in [0.5, 0.6) is 11.5 Å². The molecular formula is C49H36N4OPt-2. The Labute approximate surface area is 342 Å². The summed E-state index contributed by atoms with van der Waals surface area (Å²) in [5.41, 5.74) is 9.81. The zero-order valence-electron chi connectivity index (χ0n) is 35.2. The Morgan fingerprint density at radius 2 is 1.47 bits per heavy atom. The van der Waals surface area contributed by atoms with Crippen molar-refractivity contribution in [2.24, 2.45) is 0 Å². The molecular weight excluding hydrogens is 856 g/mol.